The third kappa shape index (κ3) is 6.63. The third-order valence-corrected chi connectivity index (χ3v) is 3.74. The van der Waals surface area contributed by atoms with E-state index in [-0.39, 0.29) is 18.5 Å². The van der Waals surface area contributed by atoms with Gasteiger partial charge in [-0.2, -0.15) is 0 Å². The van der Waals surface area contributed by atoms with Crippen LogP contribution in [-0.2, 0) is 17.8 Å². The Morgan fingerprint density at radius 1 is 1.04 bits per heavy atom. The summed E-state index contributed by atoms with van der Waals surface area (Å²) in [5.41, 5.74) is 1.98. The lowest BCUT2D eigenvalue weighted by atomic mass is 10.2. The fourth-order valence-electron chi connectivity index (χ4n) is 2.36. The Kier molecular flexibility index (Phi) is 7.43. The maximum absolute atomic E-state index is 12.3. The Bertz CT molecular complexity index is 662. The molecule has 1 heterocycles. The van der Waals surface area contributed by atoms with Crippen LogP contribution in [0.1, 0.15) is 18.2 Å². The number of rotatable bonds is 8. The summed E-state index contributed by atoms with van der Waals surface area (Å²) in [6.07, 6.45) is 2.37. The molecule has 0 aliphatic rings. The van der Waals surface area contributed by atoms with Gasteiger partial charge in [-0.3, -0.25) is 9.78 Å². The van der Waals surface area contributed by atoms with E-state index in [9.17, 15) is 9.59 Å². The summed E-state index contributed by atoms with van der Waals surface area (Å²) in [4.78, 5) is 29.9. The number of likely N-dealkylation sites (N-methyl/N-ethyl adjacent to an activating group) is 1. The standard InChI is InChI=1S/C19H24N4O2/c1-2-23(15-16-8-4-3-5-9-16)18(24)14-22-19(25)21-13-11-17-10-6-7-12-20-17/h3-10,12H,2,11,13-15H2,1H3,(H2,21,22,25). The number of carbonyl (C=O) groups excluding carboxylic acids is 2. The first-order valence-electron chi connectivity index (χ1n) is 8.42. The number of urea groups is 1. The summed E-state index contributed by atoms with van der Waals surface area (Å²) in [5, 5.41) is 5.34. The molecular formula is C19H24N4O2. The highest BCUT2D eigenvalue weighted by Gasteiger charge is 2.13. The highest BCUT2D eigenvalue weighted by Crippen LogP contribution is 2.04. The van der Waals surface area contributed by atoms with Gasteiger partial charge in [0.15, 0.2) is 0 Å². The van der Waals surface area contributed by atoms with Crippen LogP contribution in [0.4, 0.5) is 4.79 Å². The monoisotopic (exact) mass is 340 g/mol. The van der Waals surface area contributed by atoms with Crippen LogP contribution in [-0.4, -0.2) is 41.5 Å². The van der Waals surface area contributed by atoms with Gasteiger partial charge in [-0.05, 0) is 24.6 Å². The van der Waals surface area contributed by atoms with Crippen LogP contribution in [0, 0.1) is 0 Å². The van der Waals surface area contributed by atoms with E-state index in [2.05, 4.69) is 15.6 Å². The molecule has 1 aromatic heterocycles. The number of nitrogens with one attached hydrogen (secondary N) is 2. The summed E-state index contributed by atoms with van der Waals surface area (Å²) in [6.45, 7) is 3.51. The Hall–Kier alpha value is -2.89. The van der Waals surface area contributed by atoms with Crippen molar-refractivity contribution in [2.75, 3.05) is 19.6 Å². The quantitative estimate of drug-likeness (QED) is 0.771. The number of hydrogen-bond acceptors (Lipinski definition) is 3. The molecule has 0 fully saturated rings. The molecule has 0 atom stereocenters. The number of amides is 3. The molecule has 6 nitrogen and oxygen atoms in total. The fourth-order valence-corrected chi connectivity index (χ4v) is 2.36. The molecule has 3 amide bonds. The van der Waals surface area contributed by atoms with E-state index in [0.29, 0.717) is 26.1 Å². The van der Waals surface area contributed by atoms with E-state index < -0.39 is 0 Å². The molecule has 0 radical (unpaired) electrons. The van der Waals surface area contributed by atoms with Gasteiger partial charge in [0.05, 0.1) is 6.54 Å². The van der Waals surface area contributed by atoms with Crippen LogP contribution in [0.25, 0.3) is 0 Å². The van der Waals surface area contributed by atoms with Crippen molar-refractivity contribution in [3.05, 3.63) is 66.0 Å². The van der Waals surface area contributed by atoms with Crippen molar-refractivity contribution < 1.29 is 9.59 Å². The molecule has 0 unspecified atom stereocenters. The second kappa shape index (κ2) is 10.1. The largest absolute Gasteiger partial charge is 0.338 e. The van der Waals surface area contributed by atoms with Crippen molar-refractivity contribution in [1.29, 1.82) is 0 Å². The van der Waals surface area contributed by atoms with E-state index in [1.807, 2.05) is 55.5 Å². The van der Waals surface area contributed by atoms with Crippen molar-refractivity contribution in [1.82, 2.24) is 20.5 Å². The van der Waals surface area contributed by atoms with Crippen LogP contribution < -0.4 is 10.6 Å². The van der Waals surface area contributed by atoms with Gasteiger partial charge in [-0.25, -0.2) is 4.79 Å². The second-order valence-corrected chi connectivity index (χ2v) is 5.57. The zero-order chi connectivity index (χ0) is 17.9. The predicted molar refractivity (Wildman–Crippen MR) is 96.9 cm³/mol. The van der Waals surface area contributed by atoms with Crippen LogP contribution >= 0.6 is 0 Å². The molecule has 0 saturated carbocycles. The van der Waals surface area contributed by atoms with Gasteiger partial charge in [0.1, 0.15) is 0 Å². The Morgan fingerprint density at radius 3 is 2.48 bits per heavy atom. The molecule has 1 aromatic carbocycles. The number of nitrogens with zero attached hydrogens (tertiary/aromatic N) is 2. The van der Waals surface area contributed by atoms with Crippen LogP contribution in [0.2, 0.25) is 0 Å². The van der Waals surface area contributed by atoms with Crippen molar-refractivity contribution >= 4 is 11.9 Å². The SMILES string of the molecule is CCN(Cc1ccccc1)C(=O)CNC(=O)NCCc1ccccn1. The molecule has 132 valence electrons. The first kappa shape index (κ1) is 18.4. The van der Waals surface area contributed by atoms with Gasteiger partial charge >= 0.3 is 6.03 Å². The van der Waals surface area contributed by atoms with Crippen molar-refractivity contribution in [2.24, 2.45) is 0 Å². The van der Waals surface area contributed by atoms with Gasteiger partial charge in [-0.15, -0.1) is 0 Å². The predicted octanol–water partition coefficient (Wildman–Crippen LogP) is 1.97. The number of aromatic nitrogens is 1. The van der Waals surface area contributed by atoms with E-state index in [1.54, 1.807) is 11.1 Å². The van der Waals surface area contributed by atoms with Crippen LogP contribution in [0.3, 0.4) is 0 Å². The fraction of sp³-hybridized carbons (Fsp3) is 0.316. The molecule has 2 N–H and O–H groups in total. The van der Waals surface area contributed by atoms with Gasteiger partial charge in [-0.1, -0.05) is 36.4 Å². The Morgan fingerprint density at radius 2 is 1.80 bits per heavy atom. The maximum Gasteiger partial charge on any atom is 0.315 e. The molecule has 25 heavy (non-hydrogen) atoms. The zero-order valence-corrected chi connectivity index (χ0v) is 14.4. The summed E-state index contributed by atoms with van der Waals surface area (Å²) < 4.78 is 0. The maximum atomic E-state index is 12.3. The first-order valence-corrected chi connectivity index (χ1v) is 8.42. The normalized spacial score (nSPS) is 10.1. The van der Waals surface area contributed by atoms with E-state index in [4.69, 9.17) is 0 Å². The molecular weight excluding hydrogens is 316 g/mol. The molecule has 2 aromatic rings. The highest BCUT2D eigenvalue weighted by molar-refractivity contribution is 5.83. The molecule has 0 spiro atoms. The Labute approximate surface area is 148 Å². The summed E-state index contributed by atoms with van der Waals surface area (Å²) >= 11 is 0. The lowest BCUT2D eigenvalue weighted by molar-refractivity contribution is -0.130. The molecule has 0 aliphatic carbocycles. The van der Waals surface area contributed by atoms with Crippen molar-refractivity contribution in [3.8, 4) is 0 Å². The van der Waals surface area contributed by atoms with Crippen molar-refractivity contribution in [3.63, 3.8) is 0 Å². The lowest BCUT2D eigenvalue weighted by Gasteiger charge is -2.21. The molecule has 0 saturated heterocycles. The van der Waals surface area contributed by atoms with Gasteiger partial charge in [0, 0.05) is 37.9 Å². The second-order valence-electron chi connectivity index (χ2n) is 5.57. The van der Waals surface area contributed by atoms with Crippen LogP contribution in [0.15, 0.2) is 54.7 Å². The number of benzene rings is 1. The molecule has 0 bridgehead atoms. The van der Waals surface area contributed by atoms with Gasteiger partial charge < -0.3 is 15.5 Å². The van der Waals surface area contributed by atoms with Gasteiger partial charge in [0.2, 0.25) is 5.91 Å². The minimum Gasteiger partial charge on any atom is -0.338 e. The average Bonchev–Trinajstić information content (AvgIpc) is 2.66. The zero-order valence-electron chi connectivity index (χ0n) is 14.4. The minimum atomic E-state index is -0.347. The van der Waals surface area contributed by atoms with Gasteiger partial charge in [0.25, 0.3) is 0 Å². The third-order valence-electron chi connectivity index (χ3n) is 3.74. The Balaban J connectivity index is 1.69. The summed E-state index contributed by atoms with van der Waals surface area (Å²) in [6, 6.07) is 15.1. The van der Waals surface area contributed by atoms with E-state index in [0.717, 1.165) is 11.3 Å². The topological polar surface area (TPSA) is 74.3 Å². The number of pyridine rings is 1. The molecule has 0 aliphatic heterocycles. The average molecular weight is 340 g/mol. The minimum absolute atomic E-state index is 0.0178. The number of hydrogen-bond donors (Lipinski definition) is 2. The molecule has 2 rings (SSSR count). The van der Waals surface area contributed by atoms with Crippen molar-refractivity contribution in [2.45, 2.75) is 19.9 Å². The number of carbonyl (C=O) groups is 2. The smallest absolute Gasteiger partial charge is 0.315 e. The van der Waals surface area contributed by atoms with E-state index in [1.165, 1.54) is 0 Å². The molecule has 6 heteroatoms. The highest BCUT2D eigenvalue weighted by atomic mass is 16.2. The summed E-state index contributed by atoms with van der Waals surface area (Å²) in [7, 11) is 0. The van der Waals surface area contributed by atoms with Crippen LogP contribution in [0.5, 0.6) is 0 Å². The first-order chi connectivity index (χ1) is 12.2. The van der Waals surface area contributed by atoms with E-state index >= 15 is 0 Å². The lowest BCUT2D eigenvalue weighted by Crippen LogP contribution is -2.44. The summed E-state index contributed by atoms with van der Waals surface area (Å²) in [5.74, 6) is -0.105.